The van der Waals surface area contributed by atoms with Crippen molar-refractivity contribution >= 4 is 22.4 Å². The molecule has 0 saturated carbocycles. The Labute approximate surface area is 133 Å². The van der Waals surface area contributed by atoms with Crippen LogP contribution in [-0.2, 0) is 10.0 Å². The van der Waals surface area contributed by atoms with Crippen LogP contribution in [0.2, 0.25) is 0 Å². The average Bonchev–Trinajstić information content (AvgIpc) is 2.76. The lowest BCUT2D eigenvalue weighted by Gasteiger charge is -2.31. The third-order valence-corrected chi connectivity index (χ3v) is 5.88. The Kier molecular flexibility index (Phi) is 6.71. The molecule has 1 aromatic heterocycles. The van der Waals surface area contributed by atoms with E-state index in [-0.39, 0.29) is 12.4 Å². The van der Waals surface area contributed by atoms with Crippen molar-refractivity contribution < 1.29 is 12.8 Å². The van der Waals surface area contributed by atoms with Crippen molar-refractivity contribution in [3.05, 3.63) is 17.6 Å². The molecule has 0 bridgehead atoms. The second-order valence-electron chi connectivity index (χ2n) is 5.43. The zero-order valence-electron chi connectivity index (χ0n) is 12.9. The van der Waals surface area contributed by atoms with Crippen LogP contribution in [0.3, 0.4) is 0 Å². The quantitative estimate of drug-likeness (QED) is 0.896. The molecule has 1 N–H and O–H groups in total. The first-order valence-electron chi connectivity index (χ1n) is 7.23. The van der Waals surface area contributed by atoms with E-state index in [9.17, 15) is 8.42 Å². The number of nitrogens with zero attached hydrogens (tertiary/aromatic N) is 1. The lowest BCUT2D eigenvalue weighted by atomic mass is 9.98. The van der Waals surface area contributed by atoms with Crippen molar-refractivity contribution in [1.82, 2.24) is 9.62 Å². The van der Waals surface area contributed by atoms with Crippen LogP contribution in [-0.4, -0.2) is 38.9 Å². The Bertz CT molecular complexity index is 549. The Morgan fingerprint density at radius 1 is 1.33 bits per heavy atom. The molecule has 2 heterocycles. The highest BCUT2D eigenvalue weighted by Gasteiger charge is 2.31. The molecule has 0 spiro atoms. The number of piperidine rings is 1. The van der Waals surface area contributed by atoms with Gasteiger partial charge in [0.2, 0.25) is 10.0 Å². The van der Waals surface area contributed by atoms with E-state index < -0.39 is 10.0 Å². The van der Waals surface area contributed by atoms with Crippen LogP contribution in [0.1, 0.15) is 31.3 Å². The molecule has 5 nitrogen and oxygen atoms in total. The third-order valence-electron chi connectivity index (χ3n) is 3.87. The minimum Gasteiger partial charge on any atom is -0.465 e. The van der Waals surface area contributed by atoms with Gasteiger partial charge in [-0.1, -0.05) is 6.92 Å². The van der Waals surface area contributed by atoms with Gasteiger partial charge in [0.05, 0.1) is 0 Å². The lowest BCUT2D eigenvalue weighted by molar-refractivity contribution is 0.268. The molecule has 1 aliphatic rings. The number of aryl methyl sites for hydroxylation is 2. The van der Waals surface area contributed by atoms with Crippen molar-refractivity contribution in [2.45, 2.75) is 38.5 Å². The molecular formula is C14H25ClN2O3S. The summed E-state index contributed by atoms with van der Waals surface area (Å²) in [4.78, 5) is 0.320. The Morgan fingerprint density at radius 3 is 2.43 bits per heavy atom. The lowest BCUT2D eigenvalue weighted by Crippen LogP contribution is -2.40. The maximum Gasteiger partial charge on any atom is 0.246 e. The summed E-state index contributed by atoms with van der Waals surface area (Å²) in [6, 6.07) is 1.62. The van der Waals surface area contributed by atoms with Gasteiger partial charge in [-0.2, -0.15) is 4.31 Å². The van der Waals surface area contributed by atoms with E-state index in [0.717, 1.165) is 25.9 Å². The van der Waals surface area contributed by atoms with Gasteiger partial charge in [-0.05, 0) is 51.8 Å². The van der Waals surface area contributed by atoms with Gasteiger partial charge in [-0.15, -0.1) is 12.4 Å². The van der Waals surface area contributed by atoms with Gasteiger partial charge in [-0.3, -0.25) is 0 Å². The summed E-state index contributed by atoms with van der Waals surface area (Å²) in [6.45, 7) is 8.71. The summed E-state index contributed by atoms with van der Waals surface area (Å²) in [5.41, 5.74) is 0. The molecule has 7 heteroatoms. The molecule has 0 aromatic carbocycles. The smallest absolute Gasteiger partial charge is 0.246 e. The molecule has 2 rings (SSSR count). The van der Waals surface area contributed by atoms with E-state index in [1.165, 1.54) is 0 Å². The number of furan rings is 1. The fourth-order valence-corrected chi connectivity index (χ4v) is 4.39. The van der Waals surface area contributed by atoms with E-state index in [2.05, 4.69) is 12.2 Å². The first-order chi connectivity index (χ1) is 9.45. The Morgan fingerprint density at radius 2 is 1.95 bits per heavy atom. The predicted octanol–water partition coefficient (Wildman–Crippen LogP) is 2.33. The molecule has 0 radical (unpaired) electrons. The summed E-state index contributed by atoms with van der Waals surface area (Å²) in [7, 11) is -3.40. The zero-order chi connectivity index (χ0) is 14.8. The average molecular weight is 337 g/mol. The molecule has 0 atom stereocenters. The Balaban J connectivity index is 0.00000220. The number of halogens is 1. The van der Waals surface area contributed by atoms with Crippen LogP contribution in [0.25, 0.3) is 0 Å². The maximum absolute atomic E-state index is 12.6. The fourth-order valence-electron chi connectivity index (χ4n) is 2.70. The number of hydrogen-bond donors (Lipinski definition) is 1. The SMILES string of the molecule is CCNCC1CCN(S(=O)(=O)c2cc(C)oc2C)CC1.Cl. The van der Waals surface area contributed by atoms with E-state index in [4.69, 9.17) is 4.42 Å². The predicted molar refractivity (Wildman–Crippen MR) is 85.5 cm³/mol. The normalized spacial score (nSPS) is 17.7. The van der Waals surface area contributed by atoms with Crippen LogP contribution >= 0.6 is 12.4 Å². The molecule has 122 valence electrons. The van der Waals surface area contributed by atoms with Gasteiger partial charge < -0.3 is 9.73 Å². The molecule has 1 aromatic rings. The second-order valence-corrected chi connectivity index (χ2v) is 7.34. The monoisotopic (exact) mass is 336 g/mol. The van der Waals surface area contributed by atoms with Gasteiger partial charge in [-0.25, -0.2) is 8.42 Å². The molecule has 0 aliphatic carbocycles. The highest BCUT2D eigenvalue weighted by atomic mass is 35.5. The summed E-state index contributed by atoms with van der Waals surface area (Å²) in [5.74, 6) is 1.70. The molecular weight excluding hydrogens is 312 g/mol. The molecule has 1 fully saturated rings. The van der Waals surface area contributed by atoms with E-state index in [0.29, 0.717) is 35.4 Å². The third kappa shape index (κ3) is 4.22. The molecule has 0 unspecified atom stereocenters. The van der Waals surface area contributed by atoms with Crippen molar-refractivity contribution in [2.24, 2.45) is 5.92 Å². The van der Waals surface area contributed by atoms with Crippen molar-refractivity contribution in [1.29, 1.82) is 0 Å². The minimum absolute atomic E-state index is 0. The molecule has 1 saturated heterocycles. The van der Waals surface area contributed by atoms with Gasteiger partial charge >= 0.3 is 0 Å². The van der Waals surface area contributed by atoms with Crippen molar-refractivity contribution in [3.63, 3.8) is 0 Å². The van der Waals surface area contributed by atoms with Crippen LogP contribution in [0.15, 0.2) is 15.4 Å². The molecule has 0 amide bonds. The highest BCUT2D eigenvalue weighted by molar-refractivity contribution is 7.89. The highest BCUT2D eigenvalue weighted by Crippen LogP contribution is 2.27. The first-order valence-corrected chi connectivity index (χ1v) is 8.67. The van der Waals surface area contributed by atoms with Crippen LogP contribution in [0.5, 0.6) is 0 Å². The number of rotatable bonds is 5. The largest absolute Gasteiger partial charge is 0.465 e. The summed E-state index contributed by atoms with van der Waals surface area (Å²) < 4.78 is 32.1. The minimum atomic E-state index is -3.40. The number of hydrogen-bond acceptors (Lipinski definition) is 4. The Hall–Kier alpha value is -0.560. The van der Waals surface area contributed by atoms with Gasteiger partial charge in [0, 0.05) is 13.1 Å². The topological polar surface area (TPSA) is 62.6 Å². The van der Waals surface area contributed by atoms with Gasteiger partial charge in [0.25, 0.3) is 0 Å². The first kappa shape index (κ1) is 18.5. The van der Waals surface area contributed by atoms with Crippen LogP contribution in [0.4, 0.5) is 0 Å². The molecule has 1 aliphatic heterocycles. The number of nitrogens with one attached hydrogen (secondary N) is 1. The number of sulfonamides is 1. The standard InChI is InChI=1S/C14H24N2O3S.ClH/c1-4-15-10-13-5-7-16(8-6-13)20(17,18)14-9-11(2)19-12(14)3;/h9,13,15H,4-8,10H2,1-3H3;1H. The summed E-state index contributed by atoms with van der Waals surface area (Å²) >= 11 is 0. The maximum atomic E-state index is 12.6. The van der Waals surface area contributed by atoms with E-state index >= 15 is 0 Å². The van der Waals surface area contributed by atoms with Crippen LogP contribution < -0.4 is 5.32 Å². The zero-order valence-corrected chi connectivity index (χ0v) is 14.5. The van der Waals surface area contributed by atoms with E-state index in [1.807, 2.05) is 0 Å². The van der Waals surface area contributed by atoms with Gasteiger partial charge in [0.15, 0.2) is 0 Å². The van der Waals surface area contributed by atoms with Crippen molar-refractivity contribution in [2.75, 3.05) is 26.2 Å². The second kappa shape index (κ2) is 7.63. The molecule has 21 heavy (non-hydrogen) atoms. The van der Waals surface area contributed by atoms with Gasteiger partial charge in [0.1, 0.15) is 16.4 Å². The fraction of sp³-hybridized carbons (Fsp3) is 0.714. The summed E-state index contributed by atoms with van der Waals surface area (Å²) in [5, 5.41) is 3.33. The van der Waals surface area contributed by atoms with Crippen molar-refractivity contribution in [3.8, 4) is 0 Å². The van der Waals surface area contributed by atoms with E-state index in [1.54, 1.807) is 24.2 Å². The summed E-state index contributed by atoms with van der Waals surface area (Å²) in [6.07, 6.45) is 1.84. The van der Waals surface area contributed by atoms with Crippen LogP contribution in [0, 0.1) is 19.8 Å².